The standard InChI is InChI=1S/C15H27N3O/c1-3-8-16-13(2)14-11-17-18(12-14)9-4-6-15-7-5-10-19-15/h11-13,15-16H,3-10H2,1-2H3. The van der Waals surface area contributed by atoms with Crippen LogP contribution in [0.15, 0.2) is 12.4 Å². The van der Waals surface area contributed by atoms with Crippen molar-refractivity contribution in [3.63, 3.8) is 0 Å². The van der Waals surface area contributed by atoms with Crippen molar-refractivity contribution in [3.8, 4) is 0 Å². The summed E-state index contributed by atoms with van der Waals surface area (Å²) in [4.78, 5) is 0. The van der Waals surface area contributed by atoms with Gasteiger partial charge < -0.3 is 10.1 Å². The number of aromatic nitrogens is 2. The van der Waals surface area contributed by atoms with Gasteiger partial charge in [0.25, 0.3) is 0 Å². The van der Waals surface area contributed by atoms with E-state index in [2.05, 4.69) is 35.1 Å². The second-order valence-electron chi connectivity index (χ2n) is 5.49. The fourth-order valence-electron chi connectivity index (χ4n) is 2.56. The highest BCUT2D eigenvalue weighted by atomic mass is 16.5. The van der Waals surface area contributed by atoms with Crippen molar-refractivity contribution < 1.29 is 4.74 Å². The summed E-state index contributed by atoms with van der Waals surface area (Å²) in [6.07, 6.45) is 10.6. The molecule has 1 saturated heterocycles. The van der Waals surface area contributed by atoms with Crippen molar-refractivity contribution in [2.45, 2.75) is 64.6 Å². The van der Waals surface area contributed by atoms with Gasteiger partial charge in [-0.15, -0.1) is 0 Å². The molecule has 1 fully saturated rings. The summed E-state index contributed by atoms with van der Waals surface area (Å²) in [5, 5.41) is 7.93. The van der Waals surface area contributed by atoms with Crippen LogP contribution in [0.2, 0.25) is 0 Å². The molecular weight excluding hydrogens is 238 g/mol. The summed E-state index contributed by atoms with van der Waals surface area (Å²) in [6.45, 7) is 7.40. The largest absolute Gasteiger partial charge is 0.378 e. The summed E-state index contributed by atoms with van der Waals surface area (Å²) >= 11 is 0. The Hall–Kier alpha value is -0.870. The number of ether oxygens (including phenoxy) is 1. The lowest BCUT2D eigenvalue weighted by Gasteiger charge is -2.10. The van der Waals surface area contributed by atoms with Gasteiger partial charge in [-0.1, -0.05) is 6.92 Å². The molecule has 4 heteroatoms. The molecule has 0 amide bonds. The number of hydrogen-bond donors (Lipinski definition) is 1. The van der Waals surface area contributed by atoms with Crippen LogP contribution in [0, 0.1) is 0 Å². The van der Waals surface area contributed by atoms with E-state index in [1.54, 1.807) is 0 Å². The molecule has 4 nitrogen and oxygen atoms in total. The van der Waals surface area contributed by atoms with Crippen LogP contribution in [0.25, 0.3) is 0 Å². The number of nitrogens with zero attached hydrogens (tertiary/aromatic N) is 2. The van der Waals surface area contributed by atoms with Crippen molar-refractivity contribution in [2.24, 2.45) is 0 Å². The fourth-order valence-corrected chi connectivity index (χ4v) is 2.56. The van der Waals surface area contributed by atoms with E-state index in [1.807, 2.05) is 6.20 Å². The summed E-state index contributed by atoms with van der Waals surface area (Å²) in [7, 11) is 0. The maximum Gasteiger partial charge on any atom is 0.0576 e. The first kappa shape index (κ1) is 14.5. The van der Waals surface area contributed by atoms with Gasteiger partial charge in [0.05, 0.1) is 12.3 Å². The smallest absolute Gasteiger partial charge is 0.0576 e. The van der Waals surface area contributed by atoms with Crippen LogP contribution >= 0.6 is 0 Å². The van der Waals surface area contributed by atoms with Crippen LogP contribution in [0.3, 0.4) is 0 Å². The van der Waals surface area contributed by atoms with E-state index >= 15 is 0 Å². The minimum absolute atomic E-state index is 0.395. The van der Waals surface area contributed by atoms with Gasteiger partial charge in [0.15, 0.2) is 0 Å². The molecule has 0 saturated carbocycles. The van der Waals surface area contributed by atoms with Crippen LogP contribution in [0.1, 0.15) is 57.6 Å². The monoisotopic (exact) mass is 265 g/mol. The van der Waals surface area contributed by atoms with Gasteiger partial charge in [0.1, 0.15) is 0 Å². The highest BCUT2D eigenvalue weighted by Crippen LogP contribution is 2.17. The van der Waals surface area contributed by atoms with Crippen molar-refractivity contribution in [1.29, 1.82) is 0 Å². The number of rotatable bonds is 8. The Morgan fingerprint density at radius 3 is 3.21 bits per heavy atom. The normalized spacial score (nSPS) is 20.8. The molecule has 2 rings (SSSR count). The van der Waals surface area contributed by atoms with E-state index in [1.165, 1.54) is 31.2 Å². The lowest BCUT2D eigenvalue weighted by molar-refractivity contribution is 0.101. The number of nitrogens with one attached hydrogen (secondary N) is 1. The van der Waals surface area contributed by atoms with Crippen LogP contribution < -0.4 is 5.32 Å². The van der Waals surface area contributed by atoms with Crippen molar-refractivity contribution >= 4 is 0 Å². The zero-order valence-electron chi connectivity index (χ0n) is 12.3. The van der Waals surface area contributed by atoms with Crippen molar-refractivity contribution in [1.82, 2.24) is 15.1 Å². The molecule has 108 valence electrons. The Bertz CT molecular complexity index is 358. The van der Waals surface area contributed by atoms with E-state index in [0.717, 1.165) is 26.1 Å². The van der Waals surface area contributed by atoms with E-state index in [-0.39, 0.29) is 0 Å². The average molecular weight is 265 g/mol. The third-order valence-electron chi connectivity index (χ3n) is 3.79. The first-order chi connectivity index (χ1) is 9.29. The first-order valence-corrected chi connectivity index (χ1v) is 7.67. The Kier molecular flexibility index (Phi) is 5.86. The second-order valence-corrected chi connectivity index (χ2v) is 5.49. The molecule has 0 radical (unpaired) electrons. The third-order valence-corrected chi connectivity index (χ3v) is 3.79. The zero-order chi connectivity index (χ0) is 13.5. The summed E-state index contributed by atoms with van der Waals surface area (Å²) in [5.74, 6) is 0. The lowest BCUT2D eigenvalue weighted by Crippen LogP contribution is -2.18. The van der Waals surface area contributed by atoms with Gasteiger partial charge in [-0.05, 0) is 45.6 Å². The van der Waals surface area contributed by atoms with Crippen molar-refractivity contribution in [2.75, 3.05) is 13.2 Å². The maximum atomic E-state index is 5.64. The van der Waals surface area contributed by atoms with E-state index < -0.39 is 0 Å². The summed E-state index contributed by atoms with van der Waals surface area (Å²) < 4.78 is 7.70. The molecular formula is C15H27N3O. The predicted octanol–water partition coefficient (Wildman–Crippen LogP) is 2.90. The molecule has 1 aromatic heterocycles. The number of hydrogen-bond acceptors (Lipinski definition) is 3. The van der Waals surface area contributed by atoms with E-state index in [0.29, 0.717) is 12.1 Å². The topological polar surface area (TPSA) is 39.1 Å². The van der Waals surface area contributed by atoms with Gasteiger partial charge in [-0.25, -0.2) is 0 Å². The lowest BCUT2D eigenvalue weighted by atomic mass is 10.1. The quantitative estimate of drug-likeness (QED) is 0.785. The van der Waals surface area contributed by atoms with Crippen LogP contribution in [-0.2, 0) is 11.3 Å². The summed E-state index contributed by atoms with van der Waals surface area (Å²) in [5.41, 5.74) is 1.28. The van der Waals surface area contributed by atoms with Gasteiger partial charge >= 0.3 is 0 Å². The molecule has 19 heavy (non-hydrogen) atoms. The van der Waals surface area contributed by atoms with Crippen LogP contribution in [-0.4, -0.2) is 29.0 Å². The minimum atomic E-state index is 0.395. The molecule has 1 aliphatic heterocycles. The SMILES string of the molecule is CCCNC(C)c1cnn(CCCC2CCCO2)c1. The third kappa shape index (κ3) is 4.62. The molecule has 0 aromatic carbocycles. The Morgan fingerprint density at radius 2 is 2.47 bits per heavy atom. The molecule has 1 aromatic rings. The van der Waals surface area contributed by atoms with Gasteiger partial charge in [0.2, 0.25) is 0 Å². The highest BCUT2D eigenvalue weighted by molar-refractivity contribution is 5.09. The van der Waals surface area contributed by atoms with Gasteiger partial charge in [-0.2, -0.15) is 5.10 Å². The molecule has 0 spiro atoms. The minimum Gasteiger partial charge on any atom is -0.378 e. The fraction of sp³-hybridized carbons (Fsp3) is 0.800. The molecule has 1 N–H and O–H groups in total. The molecule has 2 atom stereocenters. The molecule has 0 aliphatic carbocycles. The number of aryl methyl sites for hydroxylation is 1. The molecule has 2 unspecified atom stereocenters. The predicted molar refractivity (Wildman–Crippen MR) is 77.1 cm³/mol. The van der Waals surface area contributed by atoms with Crippen molar-refractivity contribution in [3.05, 3.63) is 18.0 Å². The van der Waals surface area contributed by atoms with Gasteiger partial charge in [0, 0.05) is 31.0 Å². The maximum absolute atomic E-state index is 5.64. The Labute approximate surface area is 116 Å². The highest BCUT2D eigenvalue weighted by Gasteiger charge is 2.14. The zero-order valence-corrected chi connectivity index (χ0v) is 12.3. The van der Waals surface area contributed by atoms with Gasteiger partial charge in [-0.3, -0.25) is 4.68 Å². The van der Waals surface area contributed by atoms with E-state index in [4.69, 9.17) is 4.74 Å². The molecule has 1 aliphatic rings. The summed E-state index contributed by atoms with van der Waals surface area (Å²) in [6, 6.07) is 0.395. The first-order valence-electron chi connectivity index (χ1n) is 7.67. The Morgan fingerprint density at radius 1 is 1.58 bits per heavy atom. The molecule has 2 heterocycles. The van der Waals surface area contributed by atoms with Crippen LogP contribution in [0.5, 0.6) is 0 Å². The van der Waals surface area contributed by atoms with E-state index in [9.17, 15) is 0 Å². The average Bonchev–Trinajstić information content (AvgIpc) is 3.07. The molecule has 0 bridgehead atoms. The Balaban J connectivity index is 1.70. The van der Waals surface area contributed by atoms with Crippen LogP contribution in [0.4, 0.5) is 0 Å². The second kappa shape index (κ2) is 7.65.